The third kappa shape index (κ3) is 1.68. The normalized spacial score (nSPS) is 11.1. The van der Waals surface area contributed by atoms with E-state index in [1.165, 1.54) is 11.3 Å². The number of aromatic hydroxyl groups is 1. The molecule has 96 valence electrons. The fourth-order valence-corrected chi connectivity index (χ4v) is 3.20. The van der Waals surface area contributed by atoms with Gasteiger partial charge in [0.1, 0.15) is 10.6 Å². The summed E-state index contributed by atoms with van der Waals surface area (Å²) in [4.78, 5) is 13.3. The lowest BCUT2D eigenvalue weighted by atomic mass is 10.0. The molecule has 0 radical (unpaired) electrons. The first kappa shape index (κ1) is 12.0. The molecule has 3 nitrogen and oxygen atoms in total. The summed E-state index contributed by atoms with van der Waals surface area (Å²) in [6.45, 7) is 1.94. The van der Waals surface area contributed by atoms with E-state index >= 15 is 0 Å². The van der Waals surface area contributed by atoms with Gasteiger partial charge in [0.25, 0.3) is 5.56 Å². The summed E-state index contributed by atoms with van der Waals surface area (Å²) >= 11 is 1.45. The fourth-order valence-electron chi connectivity index (χ4n) is 2.33. The fraction of sp³-hybridized carbons (Fsp3) is 0.133. The monoisotopic (exact) mass is 271 g/mol. The van der Waals surface area contributed by atoms with Gasteiger partial charge in [-0.15, -0.1) is 11.3 Å². The molecule has 2 heterocycles. The smallest absolute Gasteiger partial charge is 0.263 e. The SMILES string of the molecule is Cc1ccccc1-c1c(O)c2ccsc2n(C)c1=O. The maximum Gasteiger partial charge on any atom is 0.263 e. The molecule has 0 aliphatic heterocycles. The quantitative estimate of drug-likeness (QED) is 0.738. The van der Waals surface area contributed by atoms with Crippen LogP contribution < -0.4 is 5.56 Å². The van der Waals surface area contributed by atoms with E-state index in [0.717, 1.165) is 21.3 Å². The summed E-state index contributed by atoms with van der Waals surface area (Å²) < 4.78 is 1.60. The average Bonchev–Trinajstić information content (AvgIpc) is 2.88. The van der Waals surface area contributed by atoms with Gasteiger partial charge in [0.05, 0.1) is 10.9 Å². The van der Waals surface area contributed by atoms with Crippen LogP contribution in [0.3, 0.4) is 0 Å². The Kier molecular flexibility index (Phi) is 2.68. The molecule has 1 aromatic carbocycles. The molecule has 2 aromatic heterocycles. The van der Waals surface area contributed by atoms with E-state index < -0.39 is 0 Å². The Labute approximate surface area is 114 Å². The zero-order chi connectivity index (χ0) is 13.6. The van der Waals surface area contributed by atoms with Crippen LogP contribution in [0.1, 0.15) is 5.56 Å². The predicted molar refractivity (Wildman–Crippen MR) is 78.9 cm³/mol. The Morgan fingerprint density at radius 3 is 2.68 bits per heavy atom. The van der Waals surface area contributed by atoms with E-state index in [4.69, 9.17) is 0 Å². The molecule has 3 aromatic rings. The van der Waals surface area contributed by atoms with Gasteiger partial charge >= 0.3 is 0 Å². The molecule has 0 atom stereocenters. The maximum atomic E-state index is 12.5. The van der Waals surface area contributed by atoms with E-state index in [2.05, 4.69) is 0 Å². The molecule has 0 saturated heterocycles. The number of hydrogen-bond donors (Lipinski definition) is 1. The van der Waals surface area contributed by atoms with Gasteiger partial charge in [0, 0.05) is 7.05 Å². The van der Waals surface area contributed by atoms with Crippen molar-refractivity contribution < 1.29 is 5.11 Å². The van der Waals surface area contributed by atoms with Gasteiger partial charge in [-0.1, -0.05) is 24.3 Å². The first-order chi connectivity index (χ1) is 9.11. The molecule has 0 aliphatic carbocycles. The van der Waals surface area contributed by atoms with E-state index in [1.807, 2.05) is 42.6 Å². The molecular formula is C15H13NO2S. The Balaban J connectivity index is 2.49. The highest BCUT2D eigenvalue weighted by molar-refractivity contribution is 7.16. The van der Waals surface area contributed by atoms with Crippen LogP contribution >= 0.6 is 11.3 Å². The molecule has 0 saturated carbocycles. The molecule has 1 N–H and O–H groups in total. The minimum absolute atomic E-state index is 0.0775. The van der Waals surface area contributed by atoms with Gasteiger partial charge < -0.3 is 9.67 Å². The molecule has 0 aliphatic rings. The van der Waals surface area contributed by atoms with Gasteiger partial charge in [-0.2, -0.15) is 0 Å². The third-order valence-electron chi connectivity index (χ3n) is 3.37. The second-order valence-electron chi connectivity index (χ2n) is 4.54. The van der Waals surface area contributed by atoms with Gasteiger partial charge in [0.2, 0.25) is 0 Å². The van der Waals surface area contributed by atoms with Crippen molar-refractivity contribution in [3.8, 4) is 16.9 Å². The highest BCUT2D eigenvalue weighted by Gasteiger charge is 2.17. The molecule has 0 unspecified atom stereocenters. The number of rotatable bonds is 1. The first-order valence-corrected chi connectivity index (χ1v) is 6.84. The zero-order valence-corrected chi connectivity index (χ0v) is 11.5. The van der Waals surface area contributed by atoms with Crippen LogP contribution in [-0.4, -0.2) is 9.67 Å². The largest absolute Gasteiger partial charge is 0.506 e. The maximum absolute atomic E-state index is 12.5. The standard InChI is InChI=1S/C15H13NO2S/c1-9-5-3-4-6-10(9)12-13(17)11-7-8-19-15(11)16(2)14(12)18/h3-8,17H,1-2H3. The molecule has 19 heavy (non-hydrogen) atoms. The number of thiophene rings is 1. The summed E-state index contributed by atoms with van der Waals surface area (Å²) in [5, 5.41) is 13.0. The molecule has 3 rings (SSSR count). The minimum atomic E-state index is -0.165. The third-order valence-corrected chi connectivity index (χ3v) is 4.36. The summed E-state index contributed by atoms with van der Waals surface area (Å²) in [5.74, 6) is 0.0775. The number of pyridine rings is 1. The van der Waals surface area contributed by atoms with Crippen molar-refractivity contribution in [1.29, 1.82) is 0 Å². The Bertz CT molecular complexity index is 830. The van der Waals surface area contributed by atoms with Crippen molar-refractivity contribution in [2.75, 3.05) is 0 Å². The van der Waals surface area contributed by atoms with Crippen LogP contribution in [0.25, 0.3) is 21.3 Å². The lowest BCUT2D eigenvalue weighted by molar-refractivity contribution is 0.482. The van der Waals surface area contributed by atoms with Gasteiger partial charge in [-0.05, 0) is 29.5 Å². The molecule has 4 heteroatoms. The molecule has 0 bridgehead atoms. The first-order valence-electron chi connectivity index (χ1n) is 5.96. The number of hydrogen-bond acceptors (Lipinski definition) is 3. The van der Waals surface area contributed by atoms with Crippen molar-refractivity contribution >= 4 is 21.6 Å². The molecule has 0 spiro atoms. The molecular weight excluding hydrogens is 258 g/mol. The van der Waals surface area contributed by atoms with Gasteiger partial charge in [0.15, 0.2) is 0 Å². The molecule has 0 fully saturated rings. The van der Waals surface area contributed by atoms with Crippen LogP contribution in [-0.2, 0) is 7.05 Å². The van der Waals surface area contributed by atoms with Crippen LogP contribution in [0.5, 0.6) is 5.75 Å². The summed E-state index contributed by atoms with van der Waals surface area (Å²) in [6, 6.07) is 9.44. The summed E-state index contributed by atoms with van der Waals surface area (Å²) in [6.07, 6.45) is 0. The Morgan fingerprint density at radius 1 is 1.21 bits per heavy atom. The van der Waals surface area contributed by atoms with Gasteiger partial charge in [-0.25, -0.2) is 0 Å². The second-order valence-corrected chi connectivity index (χ2v) is 5.44. The number of aromatic nitrogens is 1. The van der Waals surface area contributed by atoms with Crippen LogP contribution in [0, 0.1) is 6.92 Å². The Hall–Kier alpha value is -2.07. The van der Waals surface area contributed by atoms with Crippen molar-refractivity contribution in [1.82, 2.24) is 4.57 Å². The van der Waals surface area contributed by atoms with Crippen molar-refractivity contribution in [2.45, 2.75) is 6.92 Å². The van der Waals surface area contributed by atoms with E-state index in [-0.39, 0.29) is 11.3 Å². The minimum Gasteiger partial charge on any atom is -0.506 e. The van der Waals surface area contributed by atoms with E-state index in [9.17, 15) is 9.90 Å². The van der Waals surface area contributed by atoms with E-state index in [0.29, 0.717) is 5.56 Å². The van der Waals surface area contributed by atoms with Crippen molar-refractivity contribution in [3.05, 3.63) is 51.6 Å². The van der Waals surface area contributed by atoms with Crippen LogP contribution in [0.4, 0.5) is 0 Å². The number of aryl methyl sites for hydroxylation is 2. The predicted octanol–water partition coefficient (Wildman–Crippen LogP) is 3.28. The lowest BCUT2D eigenvalue weighted by Gasteiger charge is -2.11. The van der Waals surface area contributed by atoms with Crippen LogP contribution in [0.2, 0.25) is 0 Å². The van der Waals surface area contributed by atoms with Crippen molar-refractivity contribution in [2.24, 2.45) is 7.05 Å². The average molecular weight is 271 g/mol. The summed E-state index contributed by atoms with van der Waals surface area (Å²) in [7, 11) is 1.74. The topological polar surface area (TPSA) is 42.2 Å². The summed E-state index contributed by atoms with van der Waals surface area (Å²) in [5.41, 5.74) is 1.98. The number of nitrogens with zero attached hydrogens (tertiary/aromatic N) is 1. The number of benzene rings is 1. The highest BCUT2D eigenvalue weighted by Crippen LogP contribution is 2.35. The lowest BCUT2D eigenvalue weighted by Crippen LogP contribution is -2.18. The van der Waals surface area contributed by atoms with Crippen LogP contribution in [0.15, 0.2) is 40.5 Å². The zero-order valence-electron chi connectivity index (χ0n) is 10.7. The highest BCUT2D eigenvalue weighted by atomic mass is 32.1. The van der Waals surface area contributed by atoms with Gasteiger partial charge in [-0.3, -0.25) is 4.79 Å². The Morgan fingerprint density at radius 2 is 1.95 bits per heavy atom. The van der Waals surface area contributed by atoms with Crippen molar-refractivity contribution in [3.63, 3.8) is 0 Å². The second kappa shape index (κ2) is 4.24. The molecule has 0 amide bonds. The van der Waals surface area contributed by atoms with E-state index in [1.54, 1.807) is 11.6 Å². The number of fused-ring (bicyclic) bond motifs is 1.